The average Bonchev–Trinajstić information content (AvgIpc) is 3.33. The van der Waals surface area contributed by atoms with Crippen LogP contribution in [0.25, 0.3) is 41.8 Å². The van der Waals surface area contributed by atoms with Crippen molar-refractivity contribution in [1.29, 1.82) is 0 Å². The van der Waals surface area contributed by atoms with Crippen molar-refractivity contribution in [1.82, 2.24) is 4.98 Å². The molecule has 0 amide bonds. The van der Waals surface area contributed by atoms with Crippen LogP contribution in [0.5, 0.6) is 0 Å². The first-order valence-corrected chi connectivity index (χ1v) is 14.3. The summed E-state index contributed by atoms with van der Waals surface area (Å²) >= 11 is 1.85. The first-order valence-electron chi connectivity index (χ1n) is 13.5. The summed E-state index contributed by atoms with van der Waals surface area (Å²) in [5.74, 6) is 0.985. The van der Waals surface area contributed by atoms with Crippen LogP contribution in [0.15, 0.2) is 60.5 Å². The molecule has 1 N–H and O–H groups in total. The second-order valence-corrected chi connectivity index (χ2v) is 11.5. The van der Waals surface area contributed by atoms with E-state index in [9.17, 15) is 9.90 Å². The number of fused-ring (bicyclic) bond motifs is 3. The Bertz CT molecular complexity index is 1460. The molecule has 5 heteroatoms. The Balaban J connectivity index is 0.000000149. The van der Waals surface area contributed by atoms with Crippen molar-refractivity contribution < 1.29 is 30.0 Å². The fraction of sp³-hybridized carbons (Fsp3) is 0.375. The fourth-order valence-electron chi connectivity index (χ4n) is 6.20. The van der Waals surface area contributed by atoms with E-state index in [1.807, 2.05) is 23.6 Å². The molecular weight excluding hydrogens is 655 g/mol. The van der Waals surface area contributed by atoms with E-state index in [2.05, 4.69) is 47.4 Å². The van der Waals surface area contributed by atoms with Crippen molar-refractivity contribution in [3.8, 4) is 0 Å². The zero-order valence-electron chi connectivity index (χ0n) is 21.0. The summed E-state index contributed by atoms with van der Waals surface area (Å²) in [5.41, 5.74) is 1.08. The Morgan fingerprint density at radius 3 is 2.30 bits per heavy atom. The maximum atomic E-state index is 12.0. The average molecular weight is 687 g/mol. The molecule has 2 heterocycles. The summed E-state index contributed by atoms with van der Waals surface area (Å²) in [6.45, 7) is 0. The number of hydrogen-bond acceptors (Lipinski definition) is 4. The summed E-state index contributed by atoms with van der Waals surface area (Å²) in [6.07, 6.45) is 14.9. The quantitative estimate of drug-likeness (QED) is 0.0892. The number of rotatable bonds is 3. The van der Waals surface area contributed by atoms with Crippen LogP contribution in [0, 0.1) is 17.9 Å². The van der Waals surface area contributed by atoms with E-state index < -0.39 is 0 Å². The van der Waals surface area contributed by atoms with Gasteiger partial charge in [-0.2, -0.15) is 0 Å². The number of carbonyl (C=O) groups excluding carboxylic acids is 1. The van der Waals surface area contributed by atoms with E-state index in [0.29, 0.717) is 5.76 Å². The topological polar surface area (TPSA) is 50.2 Å². The van der Waals surface area contributed by atoms with Crippen LogP contribution in [-0.2, 0) is 24.9 Å². The van der Waals surface area contributed by atoms with Crippen molar-refractivity contribution in [2.24, 2.45) is 11.8 Å². The molecule has 2 aliphatic rings. The number of benzene rings is 3. The molecule has 37 heavy (non-hydrogen) atoms. The van der Waals surface area contributed by atoms with Crippen molar-refractivity contribution >= 4 is 59.0 Å². The fourth-order valence-corrected chi connectivity index (χ4v) is 7.33. The molecule has 0 bridgehead atoms. The summed E-state index contributed by atoms with van der Waals surface area (Å²) < 4.78 is 2.66. The second kappa shape index (κ2) is 11.6. The summed E-state index contributed by atoms with van der Waals surface area (Å²) in [5, 5.41) is 16.4. The van der Waals surface area contributed by atoms with Gasteiger partial charge in [0.15, 0.2) is 5.78 Å². The number of nitrogens with zero attached hydrogens (tertiary/aromatic N) is 1. The maximum absolute atomic E-state index is 12.0. The Hall–Kier alpha value is -2.33. The zero-order valence-corrected chi connectivity index (χ0v) is 24.2. The molecule has 0 unspecified atom stereocenters. The van der Waals surface area contributed by atoms with Gasteiger partial charge in [0.2, 0.25) is 0 Å². The molecule has 0 saturated heterocycles. The molecule has 3 nitrogen and oxygen atoms in total. The minimum absolute atomic E-state index is 0. The van der Waals surface area contributed by atoms with Crippen LogP contribution in [0.2, 0.25) is 0 Å². The van der Waals surface area contributed by atoms with Gasteiger partial charge in [-0.05, 0) is 54.1 Å². The number of hydrogen-bond donors (Lipinski definition) is 1. The minimum Gasteiger partial charge on any atom is -0.512 e. The van der Waals surface area contributed by atoms with Crippen LogP contribution in [0.3, 0.4) is 0 Å². The first-order chi connectivity index (χ1) is 17.7. The van der Waals surface area contributed by atoms with Gasteiger partial charge in [0.05, 0.1) is 5.76 Å². The Morgan fingerprint density at radius 2 is 1.54 bits per heavy atom. The predicted octanol–water partition coefficient (Wildman–Crippen LogP) is 9.15. The first kappa shape index (κ1) is 26.3. The van der Waals surface area contributed by atoms with Gasteiger partial charge in [-0.3, -0.25) is 4.79 Å². The molecule has 3 aromatic carbocycles. The largest absolute Gasteiger partial charge is 0.512 e. The minimum atomic E-state index is 0. The number of aromatic nitrogens is 1. The van der Waals surface area contributed by atoms with E-state index in [1.165, 1.54) is 69.5 Å². The number of carbonyl (C=O) groups is 1. The van der Waals surface area contributed by atoms with Crippen LogP contribution < -0.4 is 0 Å². The van der Waals surface area contributed by atoms with Crippen molar-refractivity contribution in [3.05, 3.63) is 66.6 Å². The third-order valence-corrected chi connectivity index (χ3v) is 9.23. The zero-order chi connectivity index (χ0) is 24.5. The standard InChI is InChI=1S/C17H8NS.C15H24O2.Ir/c1-2-5-12-10(4-1)11-6-3-7-13-15(11)16-14(19-13)8-9-18-17(12)16;16-14(12-7-3-1-4-8-12)11-15(17)13-9-5-2-6-10-13;/h1-4,6-9H;11-13,16H,1-10H2;/q-1;;/b;14-11-;. The van der Waals surface area contributed by atoms with E-state index >= 15 is 0 Å². The van der Waals surface area contributed by atoms with E-state index in [-0.39, 0.29) is 37.7 Å². The van der Waals surface area contributed by atoms with Crippen LogP contribution in [0.4, 0.5) is 0 Å². The third kappa shape index (κ3) is 5.19. The van der Waals surface area contributed by atoms with Gasteiger partial charge in [-0.25, -0.2) is 0 Å². The normalized spacial score (nSPS) is 17.7. The smallest absolute Gasteiger partial charge is 0.162 e. The van der Waals surface area contributed by atoms with Gasteiger partial charge in [0.1, 0.15) is 0 Å². The molecule has 0 spiro atoms. The van der Waals surface area contributed by atoms with E-state index in [4.69, 9.17) is 0 Å². The number of aliphatic hydroxyl groups is 1. The van der Waals surface area contributed by atoms with Gasteiger partial charge in [-0.1, -0.05) is 61.4 Å². The molecule has 2 fully saturated rings. The Kier molecular flexibility index (Phi) is 8.24. The molecule has 2 saturated carbocycles. The number of thiophene rings is 1. The van der Waals surface area contributed by atoms with Crippen LogP contribution >= 0.6 is 11.3 Å². The molecule has 1 radical (unpaired) electrons. The number of allylic oxidation sites excluding steroid dienone is 2. The van der Waals surface area contributed by atoms with Crippen LogP contribution in [0.1, 0.15) is 64.2 Å². The number of pyridine rings is 1. The molecule has 2 aliphatic carbocycles. The third-order valence-electron chi connectivity index (χ3n) is 8.11. The number of ketones is 1. The molecule has 5 aromatic rings. The Morgan fingerprint density at radius 1 is 0.865 bits per heavy atom. The second-order valence-electron chi connectivity index (χ2n) is 10.4. The van der Waals surface area contributed by atoms with Gasteiger partial charge in [0.25, 0.3) is 0 Å². The molecule has 193 valence electrons. The number of aliphatic hydroxyl groups excluding tert-OH is 1. The van der Waals surface area contributed by atoms with E-state index in [1.54, 1.807) is 6.08 Å². The maximum Gasteiger partial charge on any atom is 0.162 e. The van der Waals surface area contributed by atoms with Gasteiger partial charge in [-0.15, -0.1) is 41.0 Å². The van der Waals surface area contributed by atoms with E-state index in [0.717, 1.165) is 36.6 Å². The molecule has 0 aliphatic heterocycles. The summed E-state index contributed by atoms with van der Waals surface area (Å²) in [7, 11) is 0. The summed E-state index contributed by atoms with van der Waals surface area (Å²) in [4.78, 5) is 16.6. The van der Waals surface area contributed by atoms with Crippen molar-refractivity contribution in [2.45, 2.75) is 64.2 Å². The SMILES string of the molecule is O=C(/C=C(\O)C1CCCCC1)C1CCCCC1.[Ir].[c-]1cccc2c1c1nccc3sc4cccc2c4c31. The van der Waals surface area contributed by atoms with Crippen molar-refractivity contribution in [3.63, 3.8) is 0 Å². The monoisotopic (exact) mass is 687 g/mol. The Labute approximate surface area is 235 Å². The molecule has 7 rings (SSSR count). The predicted molar refractivity (Wildman–Crippen MR) is 151 cm³/mol. The van der Waals surface area contributed by atoms with Gasteiger partial charge in [0, 0.05) is 53.6 Å². The molecular formula is C32H32IrNO2S-. The van der Waals surface area contributed by atoms with Crippen LogP contribution in [-0.4, -0.2) is 15.9 Å². The molecule has 2 aromatic heterocycles. The summed E-state index contributed by atoms with van der Waals surface area (Å²) in [6, 6.07) is 18.2. The van der Waals surface area contributed by atoms with Gasteiger partial charge < -0.3 is 10.1 Å². The molecule has 0 atom stereocenters. The van der Waals surface area contributed by atoms with Gasteiger partial charge >= 0.3 is 0 Å². The van der Waals surface area contributed by atoms with Crippen molar-refractivity contribution in [2.75, 3.05) is 0 Å².